The molecule has 3 rings (SSSR count). The van der Waals surface area contributed by atoms with Crippen LogP contribution in [0.1, 0.15) is 44.7 Å². The highest BCUT2D eigenvalue weighted by molar-refractivity contribution is 7.92. The number of hydrogen-bond donors (Lipinski definition) is 1. The number of anilines is 1. The van der Waals surface area contributed by atoms with Crippen LogP contribution in [-0.4, -0.2) is 43.8 Å². The van der Waals surface area contributed by atoms with Gasteiger partial charge in [-0.15, -0.1) is 0 Å². The molecule has 0 unspecified atom stereocenters. The number of aryl methyl sites for hydroxylation is 1. The van der Waals surface area contributed by atoms with Crippen molar-refractivity contribution in [2.75, 3.05) is 10.8 Å². The van der Waals surface area contributed by atoms with Crippen molar-refractivity contribution in [3.63, 3.8) is 0 Å². The van der Waals surface area contributed by atoms with Crippen molar-refractivity contribution in [1.82, 2.24) is 10.2 Å². The van der Waals surface area contributed by atoms with Crippen molar-refractivity contribution >= 4 is 39.1 Å². The van der Waals surface area contributed by atoms with Gasteiger partial charge in [0.15, 0.2) is 0 Å². The fourth-order valence-electron chi connectivity index (χ4n) is 4.14. The second kappa shape index (κ2) is 13.8. The molecule has 0 aliphatic heterocycles. The maximum absolute atomic E-state index is 14.0. The molecular formula is C30H35ClFN3O4S. The van der Waals surface area contributed by atoms with Crippen molar-refractivity contribution in [1.29, 1.82) is 0 Å². The highest BCUT2D eigenvalue weighted by Crippen LogP contribution is 2.26. The Morgan fingerprint density at radius 1 is 0.950 bits per heavy atom. The number of benzene rings is 3. The van der Waals surface area contributed by atoms with E-state index in [2.05, 4.69) is 5.32 Å². The summed E-state index contributed by atoms with van der Waals surface area (Å²) in [7, 11) is -4.23. The smallest absolute Gasteiger partial charge is 0.264 e. The molecule has 214 valence electrons. The molecule has 10 heteroatoms. The van der Waals surface area contributed by atoms with Gasteiger partial charge in [0.25, 0.3) is 10.0 Å². The van der Waals surface area contributed by atoms with Crippen LogP contribution in [0.4, 0.5) is 10.1 Å². The van der Waals surface area contributed by atoms with Gasteiger partial charge in [0, 0.05) is 17.6 Å². The topological polar surface area (TPSA) is 86.8 Å². The number of halogens is 2. The minimum absolute atomic E-state index is 0.00717. The van der Waals surface area contributed by atoms with Gasteiger partial charge >= 0.3 is 0 Å². The SMILES string of the molecule is CC[C@@H](C)NC(=O)[C@H](CC)N(Cc1ccccc1Cl)C(=O)CN(c1ccc(F)cc1)S(=O)(=O)c1ccc(C)cc1. The van der Waals surface area contributed by atoms with Gasteiger partial charge in [-0.3, -0.25) is 13.9 Å². The highest BCUT2D eigenvalue weighted by atomic mass is 35.5. The van der Waals surface area contributed by atoms with Gasteiger partial charge in [0.1, 0.15) is 18.4 Å². The van der Waals surface area contributed by atoms with Crippen molar-refractivity contribution in [2.45, 2.75) is 64.1 Å². The van der Waals surface area contributed by atoms with Gasteiger partial charge in [-0.05, 0) is 74.7 Å². The molecule has 3 aromatic rings. The van der Waals surface area contributed by atoms with Crippen LogP contribution >= 0.6 is 11.6 Å². The average Bonchev–Trinajstić information content (AvgIpc) is 2.93. The summed E-state index contributed by atoms with van der Waals surface area (Å²) in [6, 6.07) is 17.1. The maximum Gasteiger partial charge on any atom is 0.264 e. The number of hydrogen-bond acceptors (Lipinski definition) is 4. The molecular weight excluding hydrogens is 553 g/mol. The summed E-state index contributed by atoms with van der Waals surface area (Å²) >= 11 is 6.41. The lowest BCUT2D eigenvalue weighted by Gasteiger charge is -2.34. The third-order valence-electron chi connectivity index (χ3n) is 6.69. The Morgan fingerprint density at radius 3 is 2.15 bits per heavy atom. The summed E-state index contributed by atoms with van der Waals surface area (Å²) in [4.78, 5) is 28.7. The summed E-state index contributed by atoms with van der Waals surface area (Å²) < 4.78 is 42.3. The molecule has 7 nitrogen and oxygen atoms in total. The standard InChI is InChI=1S/C30H35ClFN3O4S/c1-5-22(4)33-30(37)28(6-2)34(19-23-9-7-8-10-27(23)31)29(36)20-35(25-15-13-24(32)14-16-25)40(38,39)26-17-11-21(3)12-18-26/h7-18,22,28H,5-6,19-20H2,1-4H3,(H,33,37)/t22-,28+/m1/s1. The Bertz CT molecular complexity index is 1420. The molecule has 3 aromatic carbocycles. The Labute approximate surface area is 241 Å². The predicted octanol–water partition coefficient (Wildman–Crippen LogP) is 5.70. The molecule has 0 bridgehead atoms. The second-order valence-corrected chi connectivity index (χ2v) is 11.9. The fraction of sp³-hybridized carbons (Fsp3) is 0.333. The first-order valence-electron chi connectivity index (χ1n) is 13.2. The molecule has 40 heavy (non-hydrogen) atoms. The zero-order valence-electron chi connectivity index (χ0n) is 23.1. The summed E-state index contributed by atoms with van der Waals surface area (Å²) in [5, 5.41) is 3.35. The fourth-order valence-corrected chi connectivity index (χ4v) is 5.75. The third-order valence-corrected chi connectivity index (χ3v) is 8.84. The lowest BCUT2D eigenvalue weighted by molar-refractivity contribution is -0.140. The minimum Gasteiger partial charge on any atom is -0.352 e. The highest BCUT2D eigenvalue weighted by Gasteiger charge is 2.34. The van der Waals surface area contributed by atoms with Crippen LogP contribution in [0.5, 0.6) is 0 Å². The maximum atomic E-state index is 14.0. The van der Waals surface area contributed by atoms with Gasteiger partial charge in [-0.1, -0.05) is 61.3 Å². The van der Waals surface area contributed by atoms with Crippen molar-refractivity contribution in [3.05, 3.63) is 94.8 Å². The second-order valence-electron chi connectivity index (χ2n) is 9.66. The first-order valence-corrected chi connectivity index (χ1v) is 15.0. The molecule has 1 N–H and O–H groups in total. The van der Waals surface area contributed by atoms with Gasteiger partial charge < -0.3 is 10.2 Å². The van der Waals surface area contributed by atoms with Gasteiger partial charge in [-0.2, -0.15) is 0 Å². The van der Waals surface area contributed by atoms with E-state index in [1.807, 2.05) is 20.8 Å². The largest absolute Gasteiger partial charge is 0.352 e. The summed E-state index contributed by atoms with van der Waals surface area (Å²) in [6.07, 6.45) is 0.994. The van der Waals surface area contributed by atoms with Crippen molar-refractivity contribution in [2.24, 2.45) is 0 Å². The predicted molar refractivity (Wildman–Crippen MR) is 156 cm³/mol. The summed E-state index contributed by atoms with van der Waals surface area (Å²) in [6.45, 7) is 6.81. The number of rotatable bonds is 12. The van der Waals surface area contributed by atoms with Crippen LogP contribution in [-0.2, 0) is 26.2 Å². The van der Waals surface area contributed by atoms with E-state index in [4.69, 9.17) is 11.6 Å². The average molecular weight is 588 g/mol. The van der Waals surface area contributed by atoms with E-state index in [1.54, 1.807) is 43.3 Å². The first kappa shape index (κ1) is 31.1. The Morgan fingerprint density at radius 2 is 1.57 bits per heavy atom. The zero-order valence-corrected chi connectivity index (χ0v) is 24.7. The van der Waals surface area contributed by atoms with Crippen LogP contribution in [0.15, 0.2) is 77.7 Å². The molecule has 2 atom stereocenters. The van der Waals surface area contributed by atoms with Crippen LogP contribution < -0.4 is 9.62 Å². The molecule has 0 heterocycles. The molecule has 0 saturated carbocycles. The monoisotopic (exact) mass is 587 g/mol. The van der Waals surface area contributed by atoms with Crippen molar-refractivity contribution < 1.29 is 22.4 Å². The Balaban J connectivity index is 2.06. The van der Waals surface area contributed by atoms with Crippen LogP contribution in [0.25, 0.3) is 0 Å². The van der Waals surface area contributed by atoms with Gasteiger partial charge in [0.05, 0.1) is 10.6 Å². The summed E-state index contributed by atoms with van der Waals surface area (Å²) in [5.41, 5.74) is 1.60. The lowest BCUT2D eigenvalue weighted by atomic mass is 10.1. The molecule has 0 fully saturated rings. The molecule has 0 radical (unpaired) electrons. The molecule has 0 saturated heterocycles. The number of nitrogens with one attached hydrogen (secondary N) is 1. The van der Waals surface area contributed by atoms with Gasteiger partial charge in [-0.25, -0.2) is 12.8 Å². The lowest BCUT2D eigenvalue weighted by Crippen LogP contribution is -2.53. The minimum atomic E-state index is -4.23. The van der Waals surface area contributed by atoms with E-state index in [9.17, 15) is 22.4 Å². The number of carbonyl (C=O) groups is 2. The first-order chi connectivity index (χ1) is 19.0. The number of carbonyl (C=O) groups excluding carboxylic acids is 2. The van der Waals surface area contributed by atoms with Crippen LogP contribution in [0, 0.1) is 12.7 Å². The molecule has 0 aliphatic carbocycles. The summed E-state index contributed by atoms with van der Waals surface area (Å²) in [5.74, 6) is -1.49. The molecule has 0 aromatic heterocycles. The van der Waals surface area contributed by atoms with E-state index in [-0.39, 0.29) is 29.1 Å². The Kier molecular flexibility index (Phi) is 10.7. The molecule has 0 aliphatic rings. The van der Waals surface area contributed by atoms with E-state index in [1.165, 1.54) is 29.2 Å². The van der Waals surface area contributed by atoms with E-state index in [0.717, 1.165) is 22.0 Å². The number of sulfonamides is 1. The van der Waals surface area contributed by atoms with Crippen LogP contribution in [0.2, 0.25) is 5.02 Å². The molecule has 2 amide bonds. The quantitative estimate of drug-likeness (QED) is 0.294. The van der Waals surface area contributed by atoms with Gasteiger partial charge in [0.2, 0.25) is 11.8 Å². The number of nitrogens with zero attached hydrogens (tertiary/aromatic N) is 2. The molecule has 0 spiro atoms. The van der Waals surface area contributed by atoms with E-state index >= 15 is 0 Å². The van der Waals surface area contributed by atoms with E-state index < -0.39 is 34.3 Å². The normalized spacial score (nSPS) is 12.8. The zero-order chi connectivity index (χ0) is 29.4. The number of amides is 2. The van der Waals surface area contributed by atoms with Crippen LogP contribution in [0.3, 0.4) is 0 Å². The Hall–Kier alpha value is -3.43. The van der Waals surface area contributed by atoms with E-state index in [0.29, 0.717) is 23.4 Å². The van der Waals surface area contributed by atoms with Crippen molar-refractivity contribution in [3.8, 4) is 0 Å². The third kappa shape index (κ3) is 7.61.